The van der Waals surface area contributed by atoms with E-state index in [1.165, 1.54) is 32.9 Å². The van der Waals surface area contributed by atoms with E-state index in [0.717, 1.165) is 16.7 Å². The van der Waals surface area contributed by atoms with Crippen LogP contribution in [-0.2, 0) is 42.3 Å². The summed E-state index contributed by atoms with van der Waals surface area (Å²) in [6.07, 6.45) is 2.27. The van der Waals surface area contributed by atoms with Crippen LogP contribution in [0.3, 0.4) is 0 Å². The van der Waals surface area contributed by atoms with E-state index < -0.39 is 58.9 Å². The minimum absolute atomic E-state index is 0.00790. The molecule has 4 bridgehead atoms. The molecule has 3 N–H and O–H groups in total. The largest absolute Gasteiger partial charge is 0.504 e. The summed E-state index contributed by atoms with van der Waals surface area (Å²) in [5.41, 5.74) is 3.94. The van der Waals surface area contributed by atoms with Gasteiger partial charge in [-0.2, -0.15) is 0 Å². The molecule has 0 saturated carbocycles. The van der Waals surface area contributed by atoms with Gasteiger partial charge >= 0.3 is 11.9 Å². The van der Waals surface area contributed by atoms with E-state index in [1.807, 2.05) is 20.0 Å². The third kappa shape index (κ3) is 5.30. The molecule has 2 saturated heterocycles. The van der Waals surface area contributed by atoms with E-state index in [0.29, 0.717) is 77.0 Å². The number of likely N-dealkylation sites (N-methyl/N-ethyl adjacent to an activating group) is 1. The molecule has 16 heteroatoms. The molecule has 7 aliphatic heterocycles. The van der Waals surface area contributed by atoms with Crippen LogP contribution in [0.2, 0.25) is 0 Å². The number of nitrogens with one attached hydrogen (secondary N) is 1. The van der Waals surface area contributed by atoms with E-state index in [1.54, 1.807) is 19.1 Å². The number of aryl methyl sites for hydroxylation is 1. The van der Waals surface area contributed by atoms with Crippen LogP contribution in [0.5, 0.6) is 40.2 Å². The Balaban J connectivity index is 1.36. The number of ether oxygens (including phenoxy) is 6. The van der Waals surface area contributed by atoms with Gasteiger partial charge in [-0.3, -0.25) is 19.9 Å². The average Bonchev–Trinajstić information content (AvgIpc) is 3.69. The third-order valence-electron chi connectivity index (χ3n) is 13.1. The van der Waals surface area contributed by atoms with Gasteiger partial charge < -0.3 is 48.2 Å². The normalized spacial score (nSPS) is 28.2. The number of rotatable bonds is 6. The molecule has 3 aromatic carbocycles. The van der Waals surface area contributed by atoms with Crippen molar-refractivity contribution in [2.24, 2.45) is 5.92 Å². The number of hydrogen-bond acceptors (Lipinski definition) is 16. The van der Waals surface area contributed by atoms with E-state index in [9.17, 15) is 29.4 Å². The molecule has 7 aliphatic rings. The summed E-state index contributed by atoms with van der Waals surface area (Å²) in [7, 11) is 4.90. The van der Waals surface area contributed by atoms with Gasteiger partial charge in [0, 0.05) is 59.6 Å². The van der Waals surface area contributed by atoms with Crippen molar-refractivity contribution in [3.05, 3.63) is 62.7 Å². The van der Waals surface area contributed by atoms with Gasteiger partial charge in [-0.05, 0) is 68.1 Å². The Morgan fingerprint density at radius 1 is 1.02 bits per heavy atom. The van der Waals surface area contributed by atoms with Crippen LogP contribution in [0.4, 0.5) is 0 Å². The SMILES string of the molecule is COc1cc2c(cc1O)CCN[C@]21CS[C@H]2c3c(OC(C)=O)c(C)c4c(c3[C@H](COC1=O)N1[C@@H]2[C@H]2c3c(cc(C)c(OC)c3O)C[C@@H]([C@@H]1C(C=O)C=O)N2C)OCO4. The number of methoxy groups -OCH3 is 2. The van der Waals surface area contributed by atoms with Crippen LogP contribution in [0.1, 0.15) is 68.8 Å². The molecule has 0 aromatic heterocycles. The van der Waals surface area contributed by atoms with E-state index in [-0.39, 0.29) is 42.2 Å². The van der Waals surface area contributed by atoms with Crippen molar-refractivity contribution < 1.29 is 57.8 Å². The van der Waals surface area contributed by atoms with Crippen molar-refractivity contribution in [1.29, 1.82) is 0 Å². The van der Waals surface area contributed by atoms with Crippen molar-refractivity contribution in [2.75, 3.05) is 47.0 Å². The molecular weight excluding hydrogens is 771 g/mol. The monoisotopic (exact) mass is 815 g/mol. The molecule has 58 heavy (non-hydrogen) atoms. The highest BCUT2D eigenvalue weighted by molar-refractivity contribution is 7.99. The first-order chi connectivity index (χ1) is 27.9. The number of thioether (sulfide) groups is 1. The Kier molecular flexibility index (Phi) is 9.33. The maximum Gasteiger partial charge on any atom is 0.331 e. The van der Waals surface area contributed by atoms with Gasteiger partial charge in [0.2, 0.25) is 6.79 Å². The predicted octanol–water partition coefficient (Wildman–Crippen LogP) is 3.48. The first kappa shape index (κ1) is 38.5. The number of fused-ring (bicyclic) bond motifs is 9. The Labute approximate surface area is 338 Å². The lowest BCUT2D eigenvalue weighted by Crippen LogP contribution is -2.71. The Morgan fingerprint density at radius 2 is 1.78 bits per heavy atom. The van der Waals surface area contributed by atoms with Crippen LogP contribution in [0, 0.1) is 19.8 Å². The lowest BCUT2D eigenvalue weighted by atomic mass is 9.69. The number of aromatic hydroxyl groups is 2. The number of phenols is 2. The maximum atomic E-state index is 14.9. The number of esters is 2. The molecule has 1 spiro atoms. The van der Waals surface area contributed by atoms with Crippen LogP contribution >= 0.6 is 11.8 Å². The van der Waals surface area contributed by atoms with Gasteiger partial charge in [-0.25, -0.2) is 4.79 Å². The van der Waals surface area contributed by atoms with E-state index in [2.05, 4.69) is 15.1 Å². The molecule has 7 heterocycles. The van der Waals surface area contributed by atoms with E-state index >= 15 is 0 Å². The lowest BCUT2D eigenvalue weighted by molar-refractivity contribution is -0.162. The lowest BCUT2D eigenvalue weighted by Gasteiger charge is -2.64. The smallest absolute Gasteiger partial charge is 0.331 e. The minimum Gasteiger partial charge on any atom is -0.504 e. The number of aldehydes is 2. The number of carbonyl (C=O) groups is 4. The number of carbonyl (C=O) groups excluding carboxylic acids is 4. The van der Waals surface area contributed by atoms with Gasteiger partial charge in [0.15, 0.2) is 40.0 Å². The number of hydrogen-bond donors (Lipinski definition) is 3. The van der Waals surface area contributed by atoms with Gasteiger partial charge in [0.1, 0.15) is 24.9 Å². The number of phenolic OH excluding ortho intramolecular Hbond substituents is 2. The maximum absolute atomic E-state index is 14.9. The zero-order valence-electron chi connectivity index (χ0n) is 33.0. The Morgan fingerprint density at radius 3 is 2.48 bits per heavy atom. The predicted molar refractivity (Wildman–Crippen MR) is 208 cm³/mol. The van der Waals surface area contributed by atoms with Crippen molar-refractivity contribution in [1.82, 2.24) is 15.1 Å². The number of piperazine rings is 1. The molecule has 7 atom stereocenters. The quantitative estimate of drug-likeness (QED) is 0.142. The molecule has 15 nitrogen and oxygen atoms in total. The summed E-state index contributed by atoms with van der Waals surface area (Å²) in [6.45, 7) is 5.03. The van der Waals surface area contributed by atoms with Crippen molar-refractivity contribution in [2.45, 2.75) is 74.6 Å². The molecule has 3 aromatic rings. The van der Waals surface area contributed by atoms with Crippen LogP contribution < -0.4 is 29.0 Å². The second kappa shape index (κ2) is 14.1. The van der Waals surface area contributed by atoms with Crippen molar-refractivity contribution in [3.63, 3.8) is 0 Å². The third-order valence-corrected chi connectivity index (χ3v) is 14.5. The summed E-state index contributed by atoms with van der Waals surface area (Å²) in [4.78, 5) is 58.2. The first-order valence-electron chi connectivity index (χ1n) is 19.3. The topological polar surface area (TPSA) is 183 Å². The summed E-state index contributed by atoms with van der Waals surface area (Å²) in [5.74, 6) is -0.576. The summed E-state index contributed by atoms with van der Waals surface area (Å²) in [6, 6.07) is 2.08. The first-order valence-corrected chi connectivity index (χ1v) is 20.3. The van der Waals surface area contributed by atoms with Gasteiger partial charge in [0.05, 0.1) is 37.5 Å². The second-order valence-electron chi connectivity index (χ2n) is 15.9. The molecule has 306 valence electrons. The molecule has 2 fully saturated rings. The highest BCUT2D eigenvalue weighted by atomic mass is 32.2. The van der Waals surface area contributed by atoms with Crippen LogP contribution in [-0.4, -0.2) is 110 Å². The minimum atomic E-state index is -1.42. The van der Waals surface area contributed by atoms with Gasteiger partial charge in [0.25, 0.3) is 0 Å². The Hall–Kier alpha value is -5.03. The summed E-state index contributed by atoms with van der Waals surface area (Å²) < 4.78 is 36.2. The Bertz CT molecular complexity index is 2280. The summed E-state index contributed by atoms with van der Waals surface area (Å²) >= 11 is 1.43. The van der Waals surface area contributed by atoms with Crippen molar-refractivity contribution in [3.8, 4) is 40.2 Å². The molecular formula is C42H45N3O12S. The summed E-state index contributed by atoms with van der Waals surface area (Å²) in [5, 5.41) is 25.8. The van der Waals surface area contributed by atoms with E-state index in [4.69, 9.17) is 28.4 Å². The highest BCUT2D eigenvalue weighted by Crippen LogP contribution is 2.65. The zero-order chi connectivity index (χ0) is 40.9. The standard InChI is InChI=1S/C42H45N3O12S/c1-18-9-22-10-25-32(23(13-46)14-47)45-26-15-54-41(51)42(24-12-28(52-5)27(49)11-21(24)7-8-43-42)16-58-40(34(45)33(44(25)4)29(22)35(50)36(18)53-6)31-30(26)39-38(55-17-56-39)19(2)37(31)57-20(3)48/h9,11-14,23,25-26,32-34,40,43,49-50H,7-8,10,15-17H2,1-6H3/t25-,26-,32-,33+,34+,40-,42+/m0/s1. The van der Waals surface area contributed by atoms with Crippen molar-refractivity contribution >= 4 is 36.3 Å². The van der Waals surface area contributed by atoms with Crippen LogP contribution in [0.15, 0.2) is 18.2 Å². The fraction of sp³-hybridized carbons (Fsp3) is 0.476. The average molecular weight is 816 g/mol. The molecule has 0 unspecified atom stereocenters. The fourth-order valence-corrected chi connectivity index (χ4v) is 12.4. The number of benzene rings is 3. The number of nitrogens with zero attached hydrogens (tertiary/aromatic N) is 2. The second-order valence-corrected chi connectivity index (χ2v) is 17.0. The molecule has 0 aliphatic carbocycles. The molecule has 0 radical (unpaired) electrons. The zero-order valence-corrected chi connectivity index (χ0v) is 33.8. The molecule has 0 amide bonds. The van der Waals surface area contributed by atoms with Gasteiger partial charge in [-0.15, -0.1) is 11.8 Å². The van der Waals surface area contributed by atoms with Gasteiger partial charge in [-0.1, -0.05) is 6.07 Å². The van der Waals surface area contributed by atoms with Crippen LogP contribution in [0.25, 0.3) is 0 Å². The highest BCUT2D eigenvalue weighted by Gasteiger charge is 2.62. The molecule has 10 rings (SSSR count). The fourth-order valence-electron chi connectivity index (χ4n) is 10.7.